The third-order valence-electron chi connectivity index (χ3n) is 3.82. The summed E-state index contributed by atoms with van der Waals surface area (Å²) < 4.78 is 0. The molecule has 0 aromatic heterocycles. The molecule has 0 bridgehead atoms. The van der Waals surface area contributed by atoms with Crippen molar-refractivity contribution in [3.63, 3.8) is 0 Å². The number of hydrogen-bond donors (Lipinski definition) is 2. The van der Waals surface area contributed by atoms with E-state index in [1.807, 2.05) is 11.2 Å². The summed E-state index contributed by atoms with van der Waals surface area (Å²) in [5.41, 5.74) is 0. The Labute approximate surface area is 125 Å². The van der Waals surface area contributed by atoms with E-state index < -0.39 is 12.0 Å². The first-order valence-corrected chi connectivity index (χ1v) is 8.78. The van der Waals surface area contributed by atoms with Gasteiger partial charge in [0.2, 0.25) is 0 Å². The predicted molar refractivity (Wildman–Crippen MR) is 82.2 cm³/mol. The third kappa shape index (κ3) is 5.23. The number of nitrogens with one attached hydrogen (secondary N) is 1. The highest BCUT2D eigenvalue weighted by Gasteiger charge is 2.27. The van der Waals surface area contributed by atoms with Gasteiger partial charge in [0.25, 0.3) is 0 Å². The van der Waals surface area contributed by atoms with Crippen molar-refractivity contribution in [3.05, 3.63) is 0 Å². The van der Waals surface area contributed by atoms with E-state index in [9.17, 15) is 14.7 Å². The van der Waals surface area contributed by atoms with Crippen LogP contribution >= 0.6 is 11.8 Å². The first-order chi connectivity index (χ1) is 9.60. The van der Waals surface area contributed by atoms with Crippen molar-refractivity contribution in [1.29, 1.82) is 0 Å². The standard InChI is InChI=1S/C14H26N2O3S/c1-3-11-7-5-4-6-9-16(11)14(19)15-12(13(17)18)8-10-20-2/h11-12H,3-10H2,1-2H3,(H,15,19)(H,17,18)/t11?,12-/m0/s1. The van der Waals surface area contributed by atoms with Gasteiger partial charge < -0.3 is 15.3 Å². The Morgan fingerprint density at radius 1 is 1.40 bits per heavy atom. The highest BCUT2D eigenvalue weighted by atomic mass is 32.2. The minimum Gasteiger partial charge on any atom is -0.480 e. The second-order valence-corrected chi connectivity index (χ2v) is 6.21. The molecule has 1 unspecified atom stereocenters. The van der Waals surface area contributed by atoms with E-state index in [2.05, 4.69) is 12.2 Å². The number of carbonyl (C=O) groups excluding carboxylic acids is 1. The van der Waals surface area contributed by atoms with E-state index in [4.69, 9.17) is 0 Å². The number of likely N-dealkylation sites (tertiary alicyclic amines) is 1. The Balaban J connectivity index is 2.62. The summed E-state index contributed by atoms with van der Waals surface area (Å²) in [4.78, 5) is 25.4. The number of carboxylic acid groups (broad SMARTS) is 1. The fourth-order valence-corrected chi connectivity index (χ4v) is 3.07. The maximum absolute atomic E-state index is 12.3. The van der Waals surface area contributed by atoms with Gasteiger partial charge in [0, 0.05) is 12.6 Å². The molecule has 1 aliphatic heterocycles. The topological polar surface area (TPSA) is 69.6 Å². The van der Waals surface area contributed by atoms with Gasteiger partial charge in [0.05, 0.1) is 0 Å². The number of nitrogens with zero attached hydrogens (tertiary/aromatic N) is 1. The Kier molecular flexibility index (Phi) is 7.80. The maximum Gasteiger partial charge on any atom is 0.326 e. The molecule has 0 aliphatic carbocycles. The summed E-state index contributed by atoms with van der Waals surface area (Å²) in [6, 6.07) is -0.754. The number of hydrogen-bond acceptors (Lipinski definition) is 3. The molecule has 1 saturated heterocycles. The molecule has 0 radical (unpaired) electrons. The molecule has 6 heteroatoms. The molecule has 1 fully saturated rings. The molecule has 20 heavy (non-hydrogen) atoms. The molecule has 5 nitrogen and oxygen atoms in total. The van der Waals surface area contributed by atoms with Crippen LogP contribution in [0.2, 0.25) is 0 Å². The number of aliphatic carboxylic acids is 1. The van der Waals surface area contributed by atoms with Crippen molar-refractivity contribution in [2.24, 2.45) is 0 Å². The van der Waals surface area contributed by atoms with Crippen molar-refractivity contribution < 1.29 is 14.7 Å². The van der Waals surface area contributed by atoms with Gasteiger partial charge in [-0.15, -0.1) is 0 Å². The Morgan fingerprint density at radius 3 is 2.75 bits per heavy atom. The van der Waals surface area contributed by atoms with Crippen molar-refractivity contribution in [2.45, 2.75) is 57.5 Å². The first kappa shape index (κ1) is 17.1. The van der Waals surface area contributed by atoms with Crippen molar-refractivity contribution in [1.82, 2.24) is 10.2 Å². The largest absolute Gasteiger partial charge is 0.480 e. The van der Waals surface area contributed by atoms with Gasteiger partial charge in [0.15, 0.2) is 0 Å². The van der Waals surface area contributed by atoms with Crippen LogP contribution in [0.1, 0.15) is 45.4 Å². The third-order valence-corrected chi connectivity index (χ3v) is 4.46. The number of carbonyl (C=O) groups is 2. The summed E-state index contributed by atoms with van der Waals surface area (Å²) in [5.74, 6) is -0.218. The van der Waals surface area contributed by atoms with Crippen molar-refractivity contribution in [2.75, 3.05) is 18.6 Å². The monoisotopic (exact) mass is 302 g/mol. The lowest BCUT2D eigenvalue weighted by Crippen LogP contribution is -2.51. The molecular formula is C14H26N2O3S. The maximum atomic E-state index is 12.3. The fraction of sp³-hybridized carbons (Fsp3) is 0.857. The minimum atomic E-state index is -0.949. The van der Waals surface area contributed by atoms with Crippen LogP contribution in [0, 0.1) is 0 Å². The Bertz CT molecular complexity index is 326. The lowest BCUT2D eigenvalue weighted by molar-refractivity contribution is -0.139. The van der Waals surface area contributed by atoms with Crippen molar-refractivity contribution in [3.8, 4) is 0 Å². The Morgan fingerprint density at radius 2 is 2.15 bits per heavy atom. The van der Waals surface area contributed by atoms with E-state index in [-0.39, 0.29) is 12.1 Å². The zero-order chi connectivity index (χ0) is 15.0. The molecular weight excluding hydrogens is 276 g/mol. The molecule has 2 atom stereocenters. The van der Waals surface area contributed by atoms with Crippen LogP contribution < -0.4 is 5.32 Å². The van der Waals surface area contributed by atoms with Gasteiger partial charge in [0.1, 0.15) is 6.04 Å². The zero-order valence-electron chi connectivity index (χ0n) is 12.4. The minimum absolute atomic E-state index is 0.216. The molecule has 116 valence electrons. The average Bonchev–Trinajstić information content (AvgIpc) is 2.67. The van der Waals surface area contributed by atoms with Crippen LogP contribution in [0.25, 0.3) is 0 Å². The van der Waals surface area contributed by atoms with E-state index >= 15 is 0 Å². The molecule has 0 saturated carbocycles. The smallest absolute Gasteiger partial charge is 0.326 e. The van der Waals surface area contributed by atoms with Gasteiger partial charge in [-0.3, -0.25) is 0 Å². The van der Waals surface area contributed by atoms with Crippen LogP contribution in [-0.4, -0.2) is 52.6 Å². The van der Waals surface area contributed by atoms with E-state index in [0.29, 0.717) is 6.42 Å². The van der Waals surface area contributed by atoms with Crippen LogP contribution in [0.15, 0.2) is 0 Å². The fourth-order valence-electron chi connectivity index (χ4n) is 2.59. The number of amides is 2. The van der Waals surface area contributed by atoms with E-state index in [1.54, 1.807) is 11.8 Å². The zero-order valence-corrected chi connectivity index (χ0v) is 13.2. The molecule has 0 aromatic carbocycles. The quantitative estimate of drug-likeness (QED) is 0.791. The summed E-state index contributed by atoms with van der Waals surface area (Å²) in [7, 11) is 0. The van der Waals surface area contributed by atoms with Gasteiger partial charge in [-0.1, -0.05) is 19.8 Å². The normalized spacial score (nSPS) is 21.1. The van der Waals surface area contributed by atoms with Gasteiger partial charge in [-0.05, 0) is 37.7 Å². The number of thioether (sulfide) groups is 1. The van der Waals surface area contributed by atoms with Crippen LogP contribution in [0.4, 0.5) is 4.79 Å². The average molecular weight is 302 g/mol. The number of urea groups is 1. The Hall–Kier alpha value is -0.910. The first-order valence-electron chi connectivity index (χ1n) is 7.39. The summed E-state index contributed by atoms with van der Waals surface area (Å²) >= 11 is 1.59. The van der Waals surface area contributed by atoms with E-state index in [0.717, 1.165) is 44.4 Å². The number of carboxylic acids is 1. The van der Waals surface area contributed by atoms with Crippen molar-refractivity contribution >= 4 is 23.8 Å². The summed E-state index contributed by atoms with van der Waals surface area (Å²) in [6.07, 6.45) is 7.65. The second-order valence-electron chi connectivity index (χ2n) is 5.23. The molecule has 1 rings (SSSR count). The predicted octanol–water partition coefficient (Wildman–Crippen LogP) is 2.56. The molecule has 1 heterocycles. The van der Waals surface area contributed by atoms with Gasteiger partial charge in [-0.25, -0.2) is 9.59 Å². The summed E-state index contributed by atoms with van der Waals surface area (Å²) in [6.45, 7) is 2.82. The van der Waals surface area contributed by atoms with Crippen LogP contribution in [-0.2, 0) is 4.79 Å². The summed E-state index contributed by atoms with van der Waals surface area (Å²) in [5, 5.41) is 11.9. The second kappa shape index (κ2) is 9.10. The lowest BCUT2D eigenvalue weighted by atomic mass is 10.1. The highest BCUT2D eigenvalue weighted by molar-refractivity contribution is 7.98. The lowest BCUT2D eigenvalue weighted by Gasteiger charge is -2.30. The SMILES string of the molecule is CCC1CCCCCN1C(=O)N[C@@H](CCSC)C(=O)O. The van der Waals surface area contributed by atoms with Crippen LogP contribution in [0.3, 0.4) is 0 Å². The molecule has 2 N–H and O–H groups in total. The van der Waals surface area contributed by atoms with E-state index in [1.165, 1.54) is 0 Å². The molecule has 1 aliphatic rings. The highest BCUT2D eigenvalue weighted by Crippen LogP contribution is 2.19. The number of rotatable bonds is 6. The molecule has 0 spiro atoms. The van der Waals surface area contributed by atoms with Gasteiger partial charge >= 0.3 is 12.0 Å². The molecule has 2 amide bonds. The van der Waals surface area contributed by atoms with Gasteiger partial charge in [-0.2, -0.15) is 11.8 Å². The van der Waals surface area contributed by atoms with Crippen LogP contribution in [0.5, 0.6) is 0 Å². The molecule has 0 aromatic rings.